The maximum absolute atomic E-state index is 11.6. The highest BCUT2D eigenvalue weighted by Gasteiger charge is 2.32. The van der Waals surface area contributed by atoms with Crippen molar-refractivity contribution in [2.45, 2.75) is 32.6 Å². The Kier molecular flexibility index (Phi) is 4.55. The minimum Gasteiger partial charge on any atom is -0.355 e. The molecular weight excluding hydrogens is 356 g/mol. The lowest BCUT2D eigenvalue weighted by Gasteiger charge is -2.36. The second kappa shape index (κ2) is 6.64. The molecule has 0 spiro atoms. The van der Waals surface area contributed by atoms with Crippen molar-refractivity contribution >= 4 is 21.2 Å². The molecule has 144 valence electrons. The minimum atomic E-state index is -2.81. The van der Waals surface area contributed by atoms with Crippen LogP contribution < -0.4 is 5.32 Å². The zero-order chi connectivity index (χ0) is 19.2. The van der Waals surface area contributed by atoms with Crippen LogP contribution in [-0.4, -0.2) is 44.5 Å². The summed E-state index contributed by atoms with van der Waals surface area (Å²) < 4.78 is 23.2. The predicted molar refractivity (Wildman–Crippen MR) is 112 cm³/mol. The van der Waals surface area contributed by atoms with Crippen LogP contribution in [0.1, 0.15) is 36.1 Å². The average molecular weight is 385 g/mol. The van der Waals surface area contributed by atoms with Gasteiger partial charge < -0.3 is 10.2 Å². The van der Waals surface area contributed by atoms with E-state index in [2.05, 4.69) is 67.4 Å². The van der Waals surface area contributed by atoms with Crippen LogP contribution in [0.15, 0.2) is 36.4 Å². The quantitative estimate of drug-likeness (QED) is 0.878. The standard InChI is InChI=1S/C22H28N2O2S/c1-16-4-7-20-19(14-16)22(2,3)18-6-5-17(15-21(18)23-20)8-9-24-10-12-27(25,26)13-11-24/h4-7,14-15,23H,8-13H2,1-3H3. The van der Waals surface area contributed by atoms with Gasteiger partial charge in [-0.2, -0.15) is 0 Å². The summed E-state index contributed by atoms with van der Waals surface area (Å²) in [6.45, 7) is 8.95. The summed E-state index contributed by atoms with van der Waals surface area (Å²) in [6.07, 6.45) is 0.941. The molecule has 2 aliphatic heterocycles. The monoisotopic (exact) mass is 384 g/mol. The van der Waals surface area contributed by atoms with E-state index in [4.69, 9.17) is 0 Å². The smallest absolute Gasteiger partial charge is 0.152 e. The highest BCUT2D eigenvalue weighted by molar-refractivity contribution is 7.91. The van der Waals surface area contributed by atoms with E-state index >= 15 is 0 Å². The molecule has 0 atom stereocenters. The summed E-state index contributed by atoms with van der Waals surface area (Å²) in [4.78, 5) is 2.26. The Morgan fingerprint density at radius 1 is 1.00 bits per heavy atom. The Labute approximate surface area is 162 Å². The van der Waals surface area contributed by atoms with Gasteiger partial charge in [-0.25, -0.2) is 8.42 Å². The summed E-state index contributed by atoms with van der Waals surface area (Å²) in [5, 5.41) is 3.62. The molecular formula is C22H28N2O2S. The van der Waals surface area contributed by atoms with E-state index in [1.807, 2.05) is 0 Å². The van der Waals surface area contributed by atoms with Crippen molar-refractivity contribution in [1.29, 1.82) is 0 Å². The molecule has 2 aromatic carbocycles. The first-order valence-corrected chi connectivity index (χ1v) is 11.5. The third-order valence-electron chi connectivity index (χ3n) is 6.03. The fraction of sp³-hybridized carbons (Fsp3) is 0.455. The van der Waals surface area contributed by atoms with Crippen LogP contribution >= 0.6 is 0 Å². The Balaban J connectivity index is 1.52. The summed E-state index contributed by atoms with van der Waals surface area (Å²) >= 11 is 0. The van der Waals surface area contributed by atoms with Gasteiger partial charge in [0.2, 0.25) is 0 Å². The molecule has 0 aliphatic carbocycles. The molecule has 0 radical (unpaired) electrons. The molecule has 0 saturated carbocycles. The van der Waals surface area contributed by atoms with Gasteiger partial charge in [-0.1, -0.05) is 43.7 Å². The normalized spacial score (nSPS) is 20.4. The lowest BCUT2D eigenvalue weighted by atomic mass is 9.73. The summed E-state index contributed by atoms with van der Waals surface area (Å²) in [5.41, 5.74) is 7.60. The SMILES string of the molecule is Cc1ccc2c(c1)C(C)(C)c1ccc(CCN3CCS(=O)(=O)CC3)cc1N2. The van der Waals surface area contributed by atoms with Crippen molar-refractivity contribution in [3.05, 3.63) is 58.7 Å². The van der Waals surface area contributed by atoms with E-state index in [-0.39, 0.29) is 5.41 Å². The molecule has 1 N–H and O–H groups in total. The van der Waals surface area contributed by atoms with Crippen molar-refractivity contribution in [1.82, 2.24) is 4.90 Å². The second-order valence-corrected chi connectivity index (χ2v) is 10.7. The van der Waals surface area contributed by atoms with Crippen LogP contribution in [0.2, 0.25) is 0 Å². The van der Waals surface area contributed by atoms with Crippen LogP contribution in [0.3, 0.4) is 0 Å². The van der Waals surface area contributed by atoms with Gasteiger partial charge >= 0.3 is 0 Å². The molecule has 2 aromatic rings. The maximum Gasteiger partial charge on any atom is 0.152 e. The molecule has 27 heavy (non-hydrogen) atoms. The van der Waals surface area contributed by atoms with Crippen molar-refractivity contribution < 1.29 is 8.42 Å². The molecule has 0 amide bonds. The van der Waals surface area contributed by atoms with E-state index in [1.165, 1.54) is 33.6 Å². The third-order valence-corrected chi connectivity index (χ3v) is 7.64. The number of fused-ring (bicyclic) bond motifs is 2. The predicted octanol–water partition coefficient (Wildman–Crippen LogP) is 3.65. The van der Waals surface area contributed by atoms with E-state index < -0.39 is 9.84 Å². The van der Waals surface area contributed by atoms with E-state index in [1.54, 1.807) is 0 Å². The molecule has 4 nitrogen and oxygen atoms in total. The molecule has 0 unspecified atom stereocenters. The third kappa shape index (κ3) is 3.63. The van der Waals surface area contributed by atoms with Crippen LogP contribution in [0.5, 0.6) is 0 Å². The first-order chi connectivity index (χ1) is 12.7. The summed E-state index contributed by atoms with van der Waals surface area (Å²) in [7, 11) is -2.81. The first kappa shape index (κ1) is 18.5. The van der Waals surface area contributed by atoms with Gasteiger partial charge in [-0.05, 0) is 42.2 Å². The van der Waals surface area contributed by atoms with Gasteiger partial charge in [0.05, 0.1) is 11.5 Å². The van der Waals surface area contributed by atoms with Crippen molar-refractivity contribution in [2.75, 3.05) is 36.5 Å². The van der Waals surface area contributed by atoms with Gasteiger partial charge in [0.25, 0.3) is 0 Å². The molecule has 0 bridgehead atoms. The van der Waals surface area contributed by atoms with Crippen LogP contribution in [0.4, 0.5) is 11.4 Å². The summed E-state index contributed by atoms with van der Waals surface area (Å²) in [6, 6.07) is 13.4. The fourth-order valence-corrected chi connectivity index (χ4v) is 5.51. The fourth-order valence-electron chi connectivity index (χ4n) is 4.23. The zero-order valence-electron chi connectivity index (χ0n) is 16.4. The number of benzene rings is 2. The molecule has 1 fully saturated rings. The number of hydrogen-bond acceptors (Lipinski definition) is 4. The zero-order valence-corrected chi connectivity index (χ0v) is 17.2. The molecule has 2 aliphatic rings. The first-order valence-electron chi connectivity index (χ1n) is 9.69. The van der Waals surface area contributed by atoms with Crippen LogP contribution in [0, 0.1) is 6.92 Å². The van der Waals surface area contributed by atoms with E-state index in [9.17, 15) is 8.42 Å². The molecule has 5 heteroatoms. The number of aryl methyl sites for hydroxylation is 1. The molecule has 1 saturated heterocycles. The van der Waals surface area contributed by atoms with E-state index in [0.717, 1.165) is 13.0 Å². The Hall–Kier alpha value is -1.85. The number of nitrogens with one attached hydrogen (secondary N) is 1. The van der Waals surface area contributed by atoms with Gasteiger partial charge in [0.15, 0.2) is 9.84 Å². The maximum atomic E-state index is 11.6. The van der Waals surface area contributed by atoms with Gasteiger partial charge in [-0.3, -0.25) is 0 Å². The van der Waals surface area contributed by atoms with Crippen molar-refractivity contribution in [2.24, 2.45) is 0 Å². The van der Waals surface area contributed by atoms with Crippen molar-refractivity contribution in [3.63, 3.8) is 0 Å². The Morgan fingerprint density at radius 3 is 2.48 bits per heavy atom. The second-order valence-electron chi connectivity index (χ2n) is 8.42. The molecule has 2 heterocycles. The van der Waals surface area contributed by atoms with Crippen LogP contribution in [0.25, 0.3) is 0 Å². The highest BCUT2D eigenvalue weighted by Crippen LogP contribution is 2.45. The number of nitrogens with zero attached hydrogens (tertiary/aromatic N) is 1. The van der Waals surface area contributed by atoms with Gasteiger partial charge in [-0.15, -0.1) is 0 Å². The summed E-state index contributed by atoms with van der Waals surface area (Å²) in [5.74, 6) is 0.590. The van der Waals surface area contributed by atoms with Gasteiger partial charge in [0, 0.05) is 36.4 Å². The van der Waals surface area contributed by atoms with Crippen LogP contribution in [-0.2, 0) is 21.7 Å². The van der Waals surface area contributed by atoms with Gasteiger partial charge in [0.1, 0.15) is 0 Å². The minimum absolute atomic E-state index is 0.0261. The topological polar surface area (TPSA) is 49.4 Å². The Bertz CT molecular complexity index is 966. The average Bonchev–Trinajstić information content (AvgIpc) is 2.61. The van der Waals surface area contributed by atoms with E-state index in [0.29, 0.717) is 24.6 Å². The number of sulfone groups is 1. The number of hydrogen-bond donors (Lipinski definition) is 1. The largest absolute Gasteiger partial charge is 0.355 e. The van der Waals surface area contributed by atoms with Crippen molar-refractivity contribution in [3.8, 4) is 0 Å². The number of rotatable bonds is 3. The Morgan fingerprint density at radius 2 is 1.74 bits per heavy atom. The molecule has 0 aromatic heterocycles. The molecule has 4 rings (SSSR count). The lowest BCUT2D eigenvalue weighted by molar-refractivity contribution is 0.299. The highest BCUT2D eigenvalue weighted by atomic mass is 32.2. The number of anilines is 2. The lowest BCUT2D eigenvalue weighted by Crippen LogP contribution is -2.41.